The molecule has 9 heteroatoms. The van der Waals surface area contributed by atoms with Gasteiger partial charge in [-0.3, -0.25) is 0 Å². The number of aryl methyl sites for hydroxylation is 2. The molecule has 0 spiro atoms. The van der Waals surface area contributed by atoms with Crippen molar-refractivity contribution in [3.8, 4) is 22.1 Å². The normalized spacial score (nSPS) is 11.0. The molecule has 0 fully saturated rings. The molecular formula is C20H19N5O2S2. The summed E-state index contributed by atoms with van der Waals surface area (Å²) in [7, 11) is 1.57. The Hall–Kier alpha value is -2.91. The maximum atomic E-state index is 12.3. The lowest BCUT2D eigenvalue weighted by Crippen LogP contribution is -2.23. The van der Waals surface area contributed by atoms with Crippen molar-refractivity contribution in [1.82, 2.24) is 24.8 Å². The summed E-state index contributed by atoms with van der Waals surface area (Å²) in [5.74, 6) is 0. The summed E-state index contributed by atoms with van der Waals surface area (Å²) in [5, 5.41) is 10.3. The molecule has 0 N–H and O–H groups in total. The largest absolute Gasteiger partial charge is 0.465 e. The van der Waals surface area contributed by atoms with Gasteiger partial charge in [0.15, 0.2) is 0 Å². The average molecular weight is 426 g/mol. The quantitative estimate of drug-likeness (QED) is 0.439. The predicted octanol–water partition coefficient (Wildman–Crippen LogP) is 3.70. The molecule has 0 saturated heterocycles. The molecule has 4 aromatic rings. The molecule has 148 valence electrons. The number of benzene rings is 2. The van der Waals surface area contributed by atoms with Crippen molar-refractivity contribution in [3.63, 3.8) is 0 Å². The molecule has 0 aliphatic rings. The van der Waals surface area contributed by atoms with Crippen LogP contribution in [0.25, 0.3) is 16.9 Å². The molecule has 0 atom stereocenters. The maximum Gasteiger partial charge on any atom is 0.368 e. The Kier molecular flexibility index (Phi) is 5.50. The summed E-state index contributed by atoms with van der Waals surface area (Å²) in [5.41, 5.74) is 4.17. The lowest BCUT2D eigenvalue weighted by Gasteiger charge is -2.11. The molecule has 0 amide bonds. The molecule has 0 bridgehead atoms. The van der Waals surface area contributed by atoms with E-state index in [1.807, 2.05) is 30.5 Å². The number of hydrogen-bond acceptors (Lipinski definition) is 7. The van der Waals surface area contributed by atoms with Crippen molar-refractivity contribution >= 4 is 23.1 Å². The van der Waals surface area contributed by atoms with E-state index in [1.54, 1.807) is 18.8 Å². The van der Waals surface area contributed by atoms with Gasteiger partial charge in [0.1, 0.15) is 6.61 Å². The van der Waals surface area contributed by atoms with E-state index in [2.05, 4.69) is 45.9 Å². The summed E-state index contributed by atoms with van der Waals surface area (Å²) in [4.78, 5) is 18.1. The zero-order valence-corrected chi connectivity index (χ0v) is 17.8. The Morgan fingerprint density at radius 2 is 1.93 bits per heavy atom. The van der Waals surface area contributed by atoms with Gasteiger partial charge in [-0.2, -0.15) is 9.36 Å². The average Bonchev–Trinajstić information content (AvgIpc) is 3.34. The molecule has 0 aliphatic carbocycles. The van der Waals surface area contributed by atoms with Crippen LogP contribution in [0.2, 0.25) is 0 Å². The van der Waals surface area contributed by atoms with Crippen molar-refractivity contribution < 1.29 is 4.74 Å². The van der Waals surface area contributed by atoms with Crippen molar-refractivity contribution in [2.45, 2.75) is 18.4 Å². The fourth-order valence-corrected chi connectivity index (χ4v) is 3.98. The van der Waals surface area contributed by atoms with Crippen LogP contribution in [-0.4, -0.2) is 31.0 Å². The van der Waals surface area contributed by atoms with Crippen LogP contribution >= 0.6 is 23.1 Å². The number of thiazole rings is 1. The number of aromatic nitrogens is 5. The molecule has 2 heterocycles. The van der Waals surface area contributed by atoms with Gasteiger partial charge in [-0.05, 0) is 47.4 Å². The van der Waals surface area contributed by atoms with E-state index >= 15 is 0 Å². The van der Waals surface area contributed by atoms with Crippen LogP contribution in [0.15, 0.2) is 57.5 Å². The van der Waals surface area contributed by atoms with Gasteiger partial charge in [-0.15, -0.1) is 11.8 Å². The van der Waals surface area contributed by atoms with E-state index in [-0.39, 0.29) is 12.3 Å². The third-order valence-corrected chi connectivity index (χ3v) is 6.04. The Labute approximate surface area is 176 Å². The molecule has 4 rings (SSSR count). The number of nitrogens with zero attached hydrogens (tertiary/aromatic N) is 5. The smallest absolute Gasteiger partial charge is 0.368 e. The number of tetrazole rings is 1. The van der Waals surface area contributed by atoms with Crippen molar-refractivity contribution in [2.24, 2.45) is 7.05 Å². The second kappa shape index (κ2) is 8.22. The zero-order valence-electron chi connectivity index (χ0n) is 16.2. The fourth-order valence-electron chi connectivity index (χ4n) is 2.89. The Bertz CT molecular complexity index is 1190. The summed E-state index contributed by atoms with van der Waals surface area (Å²) >= 11 is 3.16. The number of ether oxygens (including phenoxy) is 1. The molecule has 2 aromatic carbocycles. The standard InChI is InChI=1S/C20H19N5O2S2/c1-13-5-4-6-18(25-20(26)24(2)22-23-25)16(13)11-27-19-21-17(12-29-19)14-7-9-15(28-3)10-8-14/h4-10,12H,11H2,1-3H3. The van der Waals surface area contributed by atoms with E-state index in [0.29, 0.717) is 10.9 Å². The monoisotopic (exact) mass is 425 g/mol. The first-order valence-corrected chi connectivity index (χ1v) is 11.0. The van der Waals surface area contributed by atoms with Crippen LogP contribution in [0.5, 0.6) is 5.19 Å². The minimum Gasteiger partial charge on any atom is -0.465 e. The van der Waals surface area contributed by atoms with Gasteiger partial charge in [-0.1, -0.05) is 35.6 Å². The maximum absolute atomic E-state index is 12.3. The molecule has 7 nitrogen and oxygen atoms in total. The van der Waals surface area contributed by atoms with Crippen LogP contribution in [0.4, 0.5) is 0 Å². The molecular weight excluding hydrogens is 406 g/mol. The third kappa shape index (κ3) is 3.96. The predicted molar refractivity (Wildman–Crippen MR) is 115 cm³/mol. The summed E-state index contributed by atoms with van der Waals surface area (Å²) in [6.07, 6.45) is 2.05. The van der Waals surface area contributed by atoms with E-state index in [4.69, 9.17) is 4.74 Å². The van der Waals surface area contributed by atoms with E-state index in [9.17, 15) is 4.79 Å². The topological polar surface area (TPSA) is 74.8 Å². The highest BCUT2D eigenvalue weighted by molar-refractivity contribution is 7.98. The SMILES string of the molecule is CSc1ccc(-c2csc(OCc3c(C)cccc3-n3nnn(C)c3=O)n2)cc1. The minimum absolute atomic E-state index is 0.281. The summed E-state index contributed by atoms with van der Waals surface area (Å²) in [6.45, 7) is 2.26. The van der Waals surface area contributed by atoms with Gasteiger partial charge in [0.25, 0.3) is 5.19 Å². The molecule has 0 aliphatic heterocycles. The first-order valence-electron chi connectivity index (χ1n) is 8.87. The first-order chi connectivity index (χ1) is 14.1. The lowest BCUT2D eigenvalue weighted by atomic mass is 10.1. The van der Waals surface area contributed by atoms with E-state index < -0.39 is 0 Å². The van der Waals surface area contributed by atoms with Gasteiger partial charge in [0.05, 0.1) is 11.4 Å². The van der Waals surface area contributed by atoms with E-state index in [1.165, 1.54) is 25.6 Å². The first kappa shape index (κ1) is 19.4. The number of thioether (sulfide) groups is 1. The summed E-state index contributed by atoms with van der Waals surface area (Å²) in [6, 6.07) is 14.0. The molecule has 0 unspecified atom stereocenters. The van der Waals surface area contributed by atoms with Crippen molar-refractivity contribution in [3.05, 3.63) is 69.5 Å². The Morgan fingerprint density at radius 1 is 1.14 bits per heavy atom. The van der Waals surface area contributed by atoms with Crippen molar-refractivity contribution in [2.75, 3.05) is 6.26 Å². The van der Waals surface area contributed by atoms with Crippen LogP contribution < -0.4 is 10.4 Å². The van der Waals surface area contributed by atoms with Gasteiger partial charge in [-0.25, -0.2) is 9.78 Å². The second-order valence-electron chi connectivity index (χ2n) is 6.39. The van der Waals surface area contributed by atoms with E-state index in [0.717, 1.165) is 22.4 Å². The van der Waals surface area contributed by atoms with Crippen LogP contribution in [0, 0.1) is 6.92 Å². The van der Waals surface area contributed by atoms with Crippen LogP contribution in [0.3, 0.4) is 0 Å². The number of rotatable bonds is 6. The highest BCUT2D eigenvalue weighted by Crippen LogP contribution is 2.29. The highest BCUT2D eigenvalue weighted by Gasteiger charge is 2.14. The number of hydrogen-bond donors (Lipinski definition) is 0. The van der Waals surface area contributed by atoms with Gasteiger partial charge in [0, 0.05) is 28.5 Å². The Balaban J connectivity index is 1.56. The Morgan fingerprint density at radius 3 is 2.62 bits per heavy atom. The second-order valence-corrected chi connectivity index (χ2v) is 8.09. The highest BCUT2D eigenvalue weighted by atomic mass is 32.2. The van der Waals surface area contributed by atoms with Gasteiger partial charge >= 0.3 is 5.69 Å². The molecule has 29 heavy (non-hydrogen) atoms. The third-order valence-electron chi connectivity index (χ3n) is 4.54. The van der Waals surface area contributed by atoms with Gasteiger partial charge < -0.3 is 4.74 Å². The van der Waals surface area contributed by atoms with Gasteiger partial charge in [0.2, 0.25) is 0 Å². The lowest BCUT2D eigenvalue weighted by molar-refractivity contribution is 0.303. The molecule has 0 saturated carbocycles. The zero-order chi connectivity index (χ0) is 20.4. The minimum atomic E-state index is -0.304. The fraction of sp³-hybridized carbons (Fsp3) is 0.200. The molecule has 2 aromatic heterocycles. The molecule has 0 radical (unpaired) electrons. The van der Waals surface area contributed by atoms with Crippen molar-refractivity contribution in [1.29, 1.82) is 0 Å². The van der Waals surface area contributed by atoms with Crippen LogP contribution in [-0.2, 0) is 13.7 Å². The van der Waals surface area contributed by atoms with Crippen LogP contribution in [0.1, 0.15) is 11.1 Å². The summed E-state index contributed by atoms with van der Waals surface area (Å²) < 4.78 is 8.44.